The standard InChI is InChI=1S/C16H21NO3S/c1-2-21-13-8-7-12(10-13)17-15(18)9-11-5-3-4-6-14(11)16(19)20/h3-6,12-13H,2,7-10H2,1H3,(H,17,18)(H,19,20). The van der Waals surface area contributed by atoms with Crippen molar-refractivity contribution in [3.05, 3.63) is 35.4 Å². The van der Waals surface area contributed by atoms with Gasteiger partial charge >= 0.3 is 5.97 Å². The summed E-state index contributed by atoms with van der Waals surface area (Å²) in [5.74, 6) is 0.0339. The van der Waals surface area contributed by atoms with E-state index in [9.17, 15) is 9.59 Å². The highest BCUT2D eigenvalue weighted by Gasteiger charge is 2.25. The molecule has 1 aromatic carbocycles. The predicted molar refractivity (Wildman–Crippen MR) is 84.8 cm³/mol. The van der Waals surface area contributed by atoms with E-state index in [0.717, 1.165) is 25.0 Å². The maximum absolute atomic E-state index is 12.1. The summed E-state index contributed by atoms with van der Waals surface area (Å²) in [4.78, 5) is 23.2. The molecule has 114 valence electrons. The molecule has 0 bridgehead atoms. The van der Waals surface area contributed by atoms with Crippen LogP contribution in [0, 0.1) is 0 Å². The highest BCUT2D eigenvalue weighted by molar-refractivity contribution is 7.99. The van der Waals surface area contributed by atoms with Crippen molar-refractivity contribution in [3.63, 3.8) is 0 Å². The summed E-state index contributed by atoms with van der Waals surface area (Å²) >= 11 is 1.95. The average molecular weight is 307 g/mol. The topological polar surface area (TPSA) is 66.4 Å². The molecule has 1 aliphatic rings. The fraction of sp³-hybridized carbons (Fsp3) is 0.500. The van der Waals surface area contributed by atoms with E-state index >= 15 is 0 Å². The number of rotatable bonds is 6. The van der Waals surface area contributed by atoms with Crippen LogP contribution in [0.5, 0.6) is 0 Å². The van der Waals surface area contributed by atoms with E-state index in [4.69, 9.17) is 5.11 Å². The van der Waals surface area contributed by atoms with Gasteiger partial charge in [0.1, 0.15) is 0 Å². The van der Waals surface area contributed by atoms with Gasteiger partial charge in [-0.2, -0.15) is 11.8 Å². The molecule has 2 atom stereocenters. The van der Waals surface area contributed by atoms with Crippen LogP contribution in [0.3, 0.4) is 0 Å². The van der Waals surface area contributed by atoms with Gasteiger partial charge in [0.15, 0.2) is 0 Å². The Hall–Kier alpha value is -1.49. The minimum Gasteiger partial charge on any atom is -0.478 e. The number of hydrogen-bond donors (Lipinski definition) is 2. The predicted octanol–water partition coefficient (Wildman–Crippen LogP) is 2.72. The second kappa shape index (κ2) is 7.50. The van der Waals surface area contributed by atoms with E-state index in [1.165, 1.54) is 6.07 Å². The lowest BCUT2D eigenvalue weighted by Gasteiger charge is -2.13. The minimum absolute atomic E-state index is 0.0872. The molecular weight excluding hydrogens is 286 g/mol. The molecule has 1 aromatic rings. The molecular formula is C16H21NO3S. The summed E-state index contributed by atoms with van der Waals surface area (Å²) in [5, 5.41) is 12.8. The molecule has 5 heteroatoms. The summed E-state index contributed by atoms with van der Waals surface area (Å²) in [6.45, 7) is 2.15. The number of hydrogen-bond acceptors (Lipinski definition) is 3. The van der Waals surface area contributed by atoms with Gasteiger partial charge in [0, 0.05) is 11.3 Å². The summed E-state index contributed by atoms with van der Waals surface area (Å²) in [6, 6.07) is 6.91. The van der Waals surface area contributed by atoms with Crippen molar-refractivity contribution in [2.45, 2.75) is 43.9 Å². The van der Waals surface area contributed by atoms with Gasteiger partial charge in [-0.1, -0.05) is 25.1 Å². The molecule has 1 saturated carbocycles. The Morgan fingerprint density at radius 3 is 2.81 bits per heavy atom. The van der Waals surface area contributed by atoms with Crippen LogP contribution in [0.1, 0.15) is 42.1 Å². The zero-order valence-corrected chi connectivity index (χ0v) is 13.0. The first-order chi connectivity index (χ1) is 10.1. The van der Waals surface area contributed by atoms with Crippen molar-refractivity contribution >= 4 is 23.6 Å². The zero-order chi connectivity index (χ0) is 15.2. The summed E-state index contributed by atoms with van der Waals surface area (Å²) in [5.41, 5.74) is 0.776. The van der Waals surface area contributed by atoms with E-state index < -0.39 is 5.97 Å². The lowest BCUT2D eigenvalue weighted by molar-refractivity contribution is -0.121. The van der Waals surface area contributed by atoms with Gasteiger partial charge in [0.25, 0.3) is 0 Å². The Labute approximate surface area is 129 Å². The highest BCUT2D eigenvalue weighted by Crippen LogP contribution is 2.29. The first-order valence-corrected chi connectivity index (χ1v) is 8.37. The second-order valence-electron chi connectivity index (χ2n) is 5.29. The van der Waals surface area contributed by atoms with Crippen LogP contribution >= 0.6 is 11.8 Å². The molecule has 0 radical (unpaired) electrons. The molecule has 1 aliphatic carbocycles. The van der Waals surface area contributed by atoms with Crippen LogP contribution < -0.4 is 5.32 Å². The third-order valence-corrected chi connectivity index (χ3v) is 4.98. The monoisotopic (exact) mass is 307 g/mol. The number of benzene rings is 1. The van der Waals surface area contributed by atoms with Crippen LogP contribution in [0.25, 0.3) is 0 Å². The molecule has 0 aromatic heterocycles. The number of nitrogens with one attached hydrogen (secondary N) is 1. The van der Waals surface area contributed by atoms with Gasteiger partial charge in [-0.3, -0.25) is 4.79 Å². The number of aromatic carboxylic acids is 1. The number of carbonyl (C=O) groups excluding carboxylic acids is 1. The van der Waals surface area contributed by atoms with Crippen LogP contribution in [0.15, 0.2) is 24.3 Å². The molecule has 1 amide bonds. The first-order valence-electron chi connectivity index (χ1n) is 7.32. The molecule has 4 nitrogen and oxygen atoms in total. The highest BCUT2D eigenvalue weighted by atomic mass is 32.2. The summed E-state index contributed by atoms with van der Waals surface area (Å²) < 4.78 is 0. The molecule has 1 fully saturated rings. The zero-order valence-electron chi connectivity index (χ0n) is 12.2. The third-order valence-electron chi connectivity index (χ3n) is 3.75. The van der Waals surface area contributed by atoms with Crippen molar-refractivity contribution in [1.29, 1.82) is 0 Å². The fourth-order valence-electron chi connectivity index (χ4n) is 2.79. The maximum Gasteiger partial charge on any atom is 0.335 e. The number of carboxylic acid groups (broad SMARTS) is 1. The fourth-order valence-corrected chi connectivity index (χ4v) is 3.94. The third kappa shape index (κ3) is 4.49. The van der Waals surface area contributed by atoms with Crippen molar-refractivity contribution in [1.82, 2.24) is 5.32 Å². The normalized spacial score (nSPS) is 21.2. The summed E-state index contributed by atoms with van der Waals surface area (Å²) in [6.07, 6.45) is 3.31. The molecule has 0 spiro atoms. The average Bonchev–Trinajstić information content (AvgIpc) is 2.86. The molecule has 2 N–H and O–H groups in total. The van der Waals surface area contributed by atoms with E-state index in [2.05, 4.69) is 12.2 Å². The van der Waals surface area contributed by atoms with Crippen LogP contribution in [-0.2, 0) is 11.2 Å². The number of amides is 1. The van der Waals surface area contributed by atoms with E-state index in [0.29, 0.717) is 10.8 Å². The lowest BCUT2D eigenvalue weighted by atomic mass is 10.0. The van der Waals surface area contributed by atoms with E-state index in [1.807, 2.05) is 11.8 Å². The van der Waals surface area contributed by atoms with Gasteiger partial charge in [0.2, 0.25) is 5.91 Å². The van der Waals surface area contributed by atoms with Crippen LogP contribution in [0.2, 0.25) is 0 Å². The summed E-state index contributed by atoms with van der Waals surface area (Å²) in [7, 11) is 0. The van der Waals surface area contributed by atoms with Crippen molar-refractivity contribution in [3.8, 4) is 0 Å². The number of thioether (sulfide) groups is 1. The molecule has 2 unspecified atom stereocenters. The quantitative estimate of drug-likeness (QED) is 0.848. The minimum atomic E-state index is -0.987. The Bertz CT molecular complexity index is 518. The van der Waals surface area contributed by atoms with Gasteiger partial charge in [-0.15, -0.1) is 0 Å². The SMILES string of the molecule is CCSC1CCC(NC(=O)Cc2ccccc2C(=O)O)C1. The van der Waals surface area contributed by atoms with Gasteiger partial charge in [-0.25, -0.2) is 4.79 Å². The van der Waals surface area contributed by atoms with Gasteiger partial charge in [-0.05, 0) is 36.6 Å². The van der Waals surface area contributed by atoms with Crippen molar-refractivity contribution in [2.24, 2.45) is 0 Å². The smallest absolute Gasteiger partial charge is 0.335 e. The Kier molecular flexibility index (Phi) is 5.67. The Balaban J connectivity index is 1.90. The molecule has 0 heterocycles. The molecule has 21 heavy (non-hydrogen) atoms. The largest absolute Gasteiger partial charge is 0.478 e. The van der Waals surface area contributed by atoms with Gasteiger partial charge < -0.3 is 10.4 Å². The molecule has 2 rings (SSSR count). The molecule has 0 aliphatic heterocycles. The van der Waals surface area contributed by atoms with Crippen LogP contribution in [-0.4, -0.2) is 34.0 Å². The second-order valence-corrected chi connectivity index (χ2v) is 6.87. The van der Waals surface area contributed by atoms with Crippen LogP contribution in [0.4, 0.5) is 0 Å². The Morgan fingerprint density at radius 2 is 2.10 bits per heavy atom. The van der Waals surface area contributed by atoms with Crippen molar-refractivity contribution in [2.75, 3.05) is 5.75 Å². The number of carbonyl (C=O) groups is 2. The Morgan fingerprint density at radius 1 is 1.33 bits per heavy atom. The first kappa shape index (κ1) is 15.9. The van der Waals surface area contributed by atoms with E-state index in [1.54, 1.807) is 18.2 Å². The van der Waals surface area contributed by atoms with Crippen molar-refractivity contribution < 1.29 is 14.7 Å². The van der Waals surface area contributed by atoms with Gasteiger partial charge in [0.05, 0.1) is 12.0 Å². The number of carboxylic acids is 1. The lowest BCUT2D eigenvalue weighted by Crippen LogP contribution is -2.34. The maximum atomic E-state index is 12.1. The molecule has 0 saturated heterocycles. The van der Waals surface area contributed by atoms with E-state index in [-0.39, 0.29) is 23.9 Å².